The van der Waals surface area contributed by atoms with Gasteiger partial charge in [0, 0.05) is 11.3 Å². The fraction of sp³-hybridized carbons (Fsp3) is 0.0714. The fourth-order valence-electron chi connectivity index (χ4n) is 1.56. The van der Waals surface area contributed by atoms with E-state index in [2.05, 4.69) is 0 Å². The molecule has 0 aliphatic carbocycles. The van der Waals surface area contributed by atoms with Crippen LogP contribution < -0.4 is 0 Å². The summed E-state index contributed by atoms with van der Waals surface area (Å²) in [7, 11) is 0. The van der Waals surface area contributed by atoms with Gasteiger partial charge in [0.2, 0.25) is 0 Å². The van der Waals surface area contributed by atoms with Crippen molar-refractivity contribution in [2.24, 2.45) is 0 Å². The molecule has 0 radical (unpaired) electrons. The molecule has 18 heavy (non-hydrogen) atoms. The van der Waals surface area contributed by atoms with Crippen LogP contribution in [0.3, 0.4) is 0 Å². The van der Waals surface area contributed by atoms with Gasteiger partial charge in [-0.2, -0.15) is 0 Å². The Kier molecular flexibility index (Phi) is 4.59. The lowest BCUT2D eigenvalue weighted by Gasteiger charge is -1.98. The van der Waals surface area contributed by atoms with Gasteiger partial charge in [-0.3, -0.25) is 4.79 Å². The molecule has 2 aromatic rings. The third kappa shape index (κ3) is 3.70. The average molecular weight is 297 g/mol. The standard InChI is InChI=1S/C14H10Cl2OS/c15-14(16)9-11-6-7-13(18-11)12(17)8-10-4-2-1-3-5-10/h1-7,9H,8H2. The van der Waals surface area contributed by atoms with E-state index in [9.17, 15) is 4.79 Å². The van der Waals surface area contributed by atoms with Crippen LogP contribution in [0.4, 0.5) is 0 Å². The van der Waals surface area contributed by atoms with Crippen molar-refractivity contribution in [3.05, 3.63) is 62.3 Å². The van der Waals surface area contributed by atoms with E-state index < -0.39 is 0 Å². The van der Waals surface area contributed by atoms with E-state index in [1.165, 1.54) is 11.3 Å². The minimum Gasteiger partial charge on any atom is -0.293 e. The Bertz CT molecular complexity index is 568. The molecule has 0 saturated heterocycles. The zero-order chi connectivity index (χ0) is 13.0. The van der Waals surface area contributed by atoms with Gasteiger partial charge in [0.1, 0.15) is 4.49 Å². The number of benzene rings is 1. The molecule has 0 aliphatic heterocycles. The first-order valence-corrected chi connectivity index (χ1v) is 6.92. The molecule has 92 valence electrons. The van der Waals surface area contributed by atoms with E-state index in [-0.39, 0.29) is 10.3 Å². The van der Waals surface area contributed by atoms with Crippen molar-refractivity contribution >= 4 is 46.4 Å². The molecule has 0 aliphatic rings. The van der Waals surface area contributed by atoms with Gasteiger partial charge in [0.05, 0.1) is 4.88 Å². The summed E-state index contributed by atoms with van der Waals surface area (Å²) >= 11 is 12.6. The zero-order valence-corrected chi connectivity index (χ0v) is 11.7. The van der Waals surface area contributed by atoms with Crippen LogP contribution in [-0.4, -0.2) is 5.78 Å². The number of hydrogen-bond donors (Lipinski definition) is 0. The molecule has 0 N–H and O–H groups in total. The van der Waals surface area contributed by atoms with Crippen LogP contribution in [0, 0.1) is 0 Å². The number of carbonyl (C=O) groups is 1. The highest BCUT2D eigenvalue weighted by Crippen LogP contribution is 2.23. The summed E-state index contributed by atoms with van der Waals surface area (Å²) in [4.78, 5) is 13.6. The van der Waals surface area contributed by atoms with Gasteiger partial charge in [-0.25, -0.2) is 0 Å². The summed E-state index contributed by atoms with van der Waals surface area (Å²) in [5, 5.41) is 0. The lowest BCUT2D eigenvalue weighted by Crippen LogP contribution is -2.00. The maximum absolute atomic E-state index is 12.0. The molecule has 0 unspecified atom stereocenters. The average Bonchev–Trinajstić information content (AvgIpc) is 2.78. The normalized spacial score (nSPS) is 10.1. The van der Waals surface area contributed by atoms with Gasteiger partial charge in [-0.15, -0.1) is 11.3 Å². The lowest BCUT2D eigenvalue weighted by molar-refractivity contribution is 0.0997. The van der Waals surface area contributed by atoms with Gasteiger partial charge in [0.25, 0.3) is 0 Å². The maximum atomic E-state index is 12.0. The summed E-state index contributed by atoms with van der Waals surface area (Å²) in [6, 6.07) is 13.3. The molecule has 1 heterocycles. The molecule has 1 aromatic carbocycles. The van der Waals surface area contributed by atoms with Crippen LogP contribution in [0.15, 0.2) is 47.0 Å². The van der Waals surface area contributed by atoms with E-state index in [4.69, 9.17) is 23.2 Å². The number of ketones is 1. The largest absolute Gasteiger partial charge is 0.293 e. The summed E-state index contributed by atoms with van der Waals surface area (Å²) in [5.74, 6) is 0.108. The summed E-state index contributed by atoms with van der Waals surface area (Å²) in [6.07, 6.45) is 2.05. The third-order valence-corrected chi connectivity index (χ3v) is 3.65. The minimum atomic E-state index is 0.108. The van der Waals surface area contributed by atoms with E-state index in [0.717, 1.165) is 15.3 Å². The second kappa shape index (κ2) is 6.19. The number of Topliss-reactive ketones (excluding diaryl/α,β-unsaturated/α-hetero) is 1. The predicted molar refractivity (Wildman–Crippen MR) is 78.5 cm³/mol. The van der Waals surface area contributed by atoms with Crippen molar-refractivity contribution in [2.45, 2.75) is 6.42 Å². The molecule has 0 amide bonds. The monoisotopic (exact) mass is 296 g/mol. The van der Waals surface area contributed by atoms with Crippen molar-refractivity contribution in [3.8, 4) is 0 Å². The number of carbonyl (C=O) groups excluding carboxylic acids is 1. The number of rotatable bonds is 4. The number of thiophene rings is 1. The fourth-order valence-corrected chi connectivity index (χ4v) is 2.81. The quantitative estimate of drug-likeness (QED) is 0.730. The molecule has 0 bridgehead atoms. The van der Waals surface area contributed by atoms with Crippen molar-refractivity contribution < 1.29 is 4.79 Å². The summed E-state index contributed by atoms with van der Waals surface area (Å²) in [5.41, 5.74) is 1.02. The summed E-state index contributed by atoms with van der Waals surface area (Å²) in [6.45, 7) is 0. The van der Waals surface area contributed by atoms with Crippen molar-refractivity contribution in [2.75, 3.05) is 0 Å². The van der Waals surface area contributed by atoms with Crippen LogP contribution >= 0.6 is 34.5 Å². The Morgan fingerprint density at radius 1 is 1.11 bits per heavy atom. The first kappa shape index (κ1) is 13.3. The van der Waals surface area contributed by atoms with E-state index in [0.29, 0.717) is 6.42 Å². The van der Waals surface area contributed by atoms with E-state index >= 15 is 0 Å². The Hall–Kier alpha value is -1.09. The Morgan fingerprint density at radius 2 is 1.83 bits per heavy atom. The van der Waals surface area contributed by atoms with Gasteiger partial charge >= 0.3 is 0 Å². The molecule has 4 heteroatoms. The highest BCUT2D eigenvalue weighted by Gasteiger charge is 2.09. The van der Waals surface area contributed by atoms with Crippen molar-refractivity contribution in [1.29, 1.82) is 0 Å². The van der Waals surface area contributed by atoms with Crippen LogP contribution in [0.2, 0.25) is 0 Å². The zero-order valence-electron chi connectivity index (χ0n) is 9.40. The molecule has 1 nitrogen and oxygen atoms in total. The minimum absolute atomic E-state index is 0.108. The molecule has 1 aromatic heterocycles. The number of halogens is 2. The van der Waals surface area contributed by atoms with Gasteiger partial charge in [0.15, 0.2) is 5.78 Å². The Morgan fingerprint density at radius 3 is 2.50 bits per heavy atom. The van der Waals surface area contributed by atoms with Gasteiger partial charge < -0.3 is 0 Å². The van der Waals surface area contributed by atoms with Crippen molar-refractivity contribution in [3.63, 3.8) is 0 Å². The first-order chi connectivity index (χ1) is 8.65. The van der Waals surface area contributed by atoms with E-state index in [1.807, 2.05) is 36.4 Å². The lowest BCUT2D eigenvalue weighted by atomic mass is 10.1. The second-order valence-corrected chi connectivity index (χ2v) is 5.84. The van der Waals surface area contributed by atoms with Crippen molar-refractivity contribution in [1.82, 2.24) is 0 Å². The van der Waals surface area contributed by atoms with Crippen LogP contribution in [-0.2, 0) is 6.42 Å². The number of hydrogen-bond acceptors (Lipinski definition) is 2. The highest BCUT2D eigenvalue weighted by atomic mass is 35.5. The first-order valence-electron chi connectivity index (χ1n) is 5.35. The SMILES string of the molecule is O=C(Cc1ccccc1)c1ccc(C=C(Cl)Cl)s1. The third-order valence-electron chi connectivity index (χ3n) is 2.36. The van der Waals surface area contributed by atoms with Gasteiger partial charge in [-0.1, -0.05) is 53.5 Å². The second-order valence-electron chi connectivity index (χ2n) is 3.72. The van der Waals surface area contributed by atoms with E-state index in [1.54, 1.807) is 12.1 Å². The summed E-state index contributed by atoms with van der Waals surface area (Å²) < 4.78 is 0.193. The van der Waals surface area contributed by atoms with Crippen LogP contribution in [0.5, 0.6) is 0 Å². The molecule has 0 atom stereocenters. The van der Waals surface area contributed by atoms with Gasteiger partial charge in [-0.05, 0) is 23.8 Å². The topological polar surface area (TPSA) is 17.1 Å². The Labute approximate surface area is 120 Å². The molecular weight excluding hydrogens is 287 g/mol. The smallest absolute Gasteiger partial charge is 0.177 e. The molecule has 0 spiro atoms. The maximum Gasteiger partial charge on any atom is 0.177 e. The molecule has 0 fully saturated rings. The molecule has 0 saturated carbocycles. The molecule has 2 rings (SSSR count). The predicted octanol–water partition coefficient (Wildman–Crippen LogP) is 4.95. The highest BCUT2D eigenvalue weighted by molar-refractivity contribution is 7.15. The molecular formula is C14H10Cl2OS. The van der Waals surface area contributed by atoms with Crippen LogP contribution in [0.25, 0.3) is 6.08 Å². The Balaban J connectivity index is 2.10. The van der Waals surface area contributed by atoms with Crippen LogP contribution in [0.1, 0.15) is 20.1 Å².